The highest BCUT2D eigenvalue weighted by atomic mass is 32.2. The molecular weight excluding hydrogens is 350 g/mol. The second-order valence-electron chi connectivity index (χ2n) is 5.84. The molecule has 0 aliphatic carbocycles. The van der Waals surface area contributed by atoms with E-state index in [9.17, 15) is 18.7 Å². The first-order valence-corrected chi connectivity index (χ1v) is 8.75. The summed E-state index contributed by atoms with van der Waals surface area (Å²) in [5, 5.41) is 15.0. The minimum absolute atomic E-state index is 0.0177. The van der Waals surface area contributed by atoms with Gasteiger partial charge >= 0.3 is 0 Å². The van der Waals surface area contributed by atoms with Gasteiger partial charge in [0.15, 0.2) is 0 Å². The molecule has 1 aromatic heterocycles. The van der Waals surface area contributed by atoms with Crippen molar-refractivity contribution in [2.45, 2.75) is 18.6 Å². The minimum Gasteiger partial charge on any atom is -0.382 e. The van der Waals surface area contributed by atoms with Crippen LogP contribution in [0.25, 0.3) is 0 Å². The zero-order valence-corrected chi connectivity index (χ0v) is 14.8. The Labute approximate surface area is 148 Å². The normalized spacial score (nSPS) is 13.5. The summed E-state index contributed by atoms with van der Waals surface area (Å²) in [4.78, 5) is 16.9. The van der Waals surface area contributed by atoms with Crippen LogP contribution in [0.4, 0.5) is 8.78 Å². The molecule has 1 amide bonds. The second-order valence-corrected chi connectivity index (χ2v) is 6.94. The fourth-order valence-corrected chi connectivity index (χ4v) is 3.33. The Bertz CT molecular complexity index is 712. The van der Waals surface area contributed by atoms with Crippen molar-refractivity contribution in [1.82, 2.24) is 19.7 Å². The molecule has 0 radical (unpaired) electrons. The Morgan fingerprint density at radius 2 is 2.16 bits per heavy atom. The maximum absolute atomic E-state index is 14.2. The second kappa shape index (κ2) is 8.39. The Balaban J connectivity index is 2.13. The largest absolute Gasteiger partial charge is 0.382 e. The van der Waals surface area contributed by atoms with Crippen molar-refractivity contribution >= 4 is 17.7 Å². The number of halogens is 2. The van der Waals surface area contributed by atoms with E-state index >= 15 is 0 Å². The quantitative estimate of drug-likeness (QED) is 0.716. The maximum Gasteiger partial charge on any atom is 0.222 e. The number of carbonyl (C=O) groups is 1. The lowest BCUT2D eigenvalue weighted by Crippen LogP contribution is -2.36. The molecule has 0 spiro atoms. The first-order chi connectivity index (χ1) is 11.8. The predicted molar refractivity (Wildman–Crippen MR) is 90.9 cm³/mol. The third-order valence-corrected chi connectivity index (χ3v) is 4.80. The fourth-order valence-electron chi connectivity index (χ4n) is 2.28. The summed E-state index contributed by atoms with van der Waals surface area (Å²) in [5.41, 5.74) is -1.63. The van der Waals surface area contributed by atoms with Gasteiger partial charge in [0.05, 0.1) is 6.54 Å². The molecule has 2 rings (SSSR count). The molecule has 9 heteroatoms. The number of aliphatic hydroxyl groups is 1. The number of rotatable bonds is 8. The zero-order valence-electron chi connectivity index (χ0n) is 14.0. The number of amides is 1. The van der Waals surface area contributed by atoms with Gasteiger partial charge in [0.1, 0.15) is 29.9 Å². The Morgan fingerprint density at radius 1 is 1.40 bits per heavy atom. The number of hydrogen-bond acceptors (Lipinski definition) is 5. The van der Waals surface area contributed by atoms with Crippen LogP contribution in [0.3, 0.4) is 0 Å². The molecule has 1 heterocycles. The Morgan fingerprint density at radius 3 is 2.76 bits per heavy atom. The van der Waals surface area contributed by atoms with E-state index in [4.69, 9.17) is 0 Å². The topological polar surface area (TPSA) is 71.2 Å². The molecule has 6 nitrogen and oxygen atoms in total. The summed E-state index contributed by atoms with van der Waals surface area (Å²) in [5.74, 6) is -0.975. The molecule has 0 saturated heterocycles. The molecule has 1 atom stereocenters. The van der Waals surface area contributed by atoms with Crippen molar-refractivity contribution in [3.63, 3.8) is 0 Å². The predicted octanol–water partition coefficient (Wildman–Crippen LogP) is 1.66. The van der Waals surface area contributed by atoms with Crippen LogP contribution in [0.2, 0.25) is 0 Å². The average Bonchev–Trinajstić information content (AvgIpc) is 3.03. The number of nitrogens with zero attached hydrogens (tertiary/aromatic N) is 4. The van der Waals surface area contributed by atoms with Gasteiger partial charge in [0.2, 0.25) is 5.91 Å². The summed E-state index contributed by atoms with van der Waals surface area (Å²) in [6, 6.07) is 3.07. The summed E-state index contributed by atoms with van der Waals surface area (Å²) in [6.07, 6.45) is 3.03. The molecule has 136 valence electrons. The van der Waals surface area contributed by atoms with Gasteiger partial charge in [0.25, 0.3) is 0 Å². The molecule has 0 aliphatic rings. The molecular formula is C16H20F2N4O2S. The van der Waals surface area contributed by atoms with Crippen LogP contribution in [-0.2, 0) is 16.9 Å². The van der Waals surface area contributed by atoms with Crippen molar-refractivity contribution in [2.24, 2.45) is 0 Å². The number of aromatic nitrogens is 3. The zero-order chi connectivity index (χ0) is 18.4. The van der Waals surface area contributed by atoms with Crippen molar-refractivity contribution < 1.29 is 18.7 Å². The lowest BCUT2D eigenvalue weighted by Gasteiger charge is -2.28. The van der Waals surface area contributed by atoms with E-state index in [1.54, 1.807) is 14.1 Å². The van der Waals surface area contributed by atoms with Crippen LogP contribution >= 0.6 is 11.8 Å². The van der Waals surface area contributed by atoms with Crippen molar-refractivity contribution in [1.29, 1.82) is 0 Å². The Hall–Kier alpha value is -2.00. The van der Waals surface area contributed by atoms with Gasteiger partial charge in [-0.15, -0.1) is 0 Å². The van der Waals surface area contributed by atoms with Crippen LogP contribution in [0.5, 0.6) is 0 Å². The first-order valence-electron chi connectivity index (χ1n) is 7.60. The SMILES string of the molecule is CN(C)C(=O)CCSCC(O)(Cn1cncn1)c1ccc(F)cc1F. The molecule has 1 N–H and O–H groups in total. The van der Waals surface area contributed by atoms with Gasteiger partial charge in [-0.25, -0.2) is 18.4 Å². The molecule has 0 bridgehead atoms. The molecule has 0 aliphatic heterocycles. The highest BCUT2D eigenvalue weighted by Crippen LogP contribution is 2.30. The van der Waals surface area contributed by atoms with Crippen molar-refractivity contribution in [3.05, 3.63) is 48.1 Å². The van der Waals surface area contributed by atoms with Gasteiger partial charge < -0.3 is 10.0 Å². The lowest BCUT2D eigenvalue weighted by atomic mass is 9.95. The van der Waals surface area contributed by atoms with Crippen LogP contribution in [0.1, 0.15) is 12.0 Å². The summed E-state index contributed by atoms with van der Waals surface area (Å²) in [6.45, 7) is -0.0375. The average molecular weight is 370 g/mol. The van der Waals surface area contributed by atoms with E-state index in [0.717, 1.165) is 12.1 Å². The molecule has 0 fully saturated rings. The minimum atomic E-state index is -1.61. The monoisotopic (exact) mass is 370 g/mol. The molecule has 0 saturated carbocycles. The number of hydrogen-bond donors (Lipinski definition) is 1. The van der Waals surface area contributed by atoms with E-state index < -0.39 is 17.2 Å². The van der Waals surface area contributed by atoms with Gasteiger partial charge in [-0.05, 0) is 6.07 Å². The van der Waals surface area contributed by atoms with Gasteiger partial charge in [0, 0.05) is 43.7 Å². The van der Waals surface area contributed by atoms with E-state index in [2.05, 4.69) is 10.1 Å². The number of thioether (sulfide) groups is 1. The van der Waals surface area contributed by atoms with Crippen LogP contribution < -0.4 is 0 Å². The van der Waals surface area contributed by atoms with Crippen LogP contribution in [-0.4, -0.2) is 56.3 Å². The summed E-state index contributed by atoms with van der Waals surface area (Å²) in [7, 11) is 3.34. The van der Waals surface area contributed by atoms with E-state index in [1.807, 2.05) is 0 Å². The standard InChI is InChI=1S/C16H20F2N4O2S/c1-21(2)15(23)5-6-25-9-16(24,8-22-11-19-10-20-22)13-4-3-12(17)7-14(13)18/h3-4,7,10-11,24H,5-6,8-9H2,1-2H3. The third kappa shape index (κ3) is 5.23. The Kier molecular flexibility index (Phi) is 6.49. The smallest absolute Gasteiger partial charge is 0.222 e. The number of benzene rings is 1. The fraction of sp³-hybridized carbons (Fsp3) is 0.438. The van der Waals surface area contributed by atoms with Gasteiger partial charge in [-0.3, -0.25) is 4.79 Å². The molecule has 1 unspecified atom stereocenters. The molecule has 2 aromatic rings. The van der Waals surface area contributed by atoms with E-state index in [0.29, 0.717) is 12.2 Å². The summed E-state index contributed by atoms with van der Waals surface area (Å²) < 4.78 is 28.8. The molecule has 25 heavy (non-hydrogen) atoms. The van der Waals surface area contributed by atoms with Gasteiger partial charge in [-0.1, -0.05) is 6.07 Å². The van der Waals surface area contributed by atoms with E-state index in [-0.39, 0.29) is 23.8 Å². The van der Waals surface area contributed by atoms with Crippen molar-refractivity contribution in [2.75, 3.05) is 25.6 Å². The van der Waals surface area contributed by atoms with Gasteiger partial charge in [-0.2, -0.15) is 16.9 Å². The third-order valence-electron chi connectivity index (χ3n) is 3.62. The van der Waals surface area contributed by atoms with E-state index in [1.165, 1.54) is 40.1 Å². The van der Waals surface area contributed by atoms with Crippen LogP contribution in [0, 0.1) is 11.6 Å². The highest BCUT2D eigenvalue weighted by Gasteiger charge is 2.33. The van der Waals surface area contributed by atoms with Crippen molar-refractivity contribution in [3.8, 4) is 0 Å². The maximum atomic E-state index is 14.2. The summed E-state index contributed by atoms with van der Waals surface area (Å²) >= 11 is 1.32. The first kappa shape index (κ1) is 19.3. The highest BCUT2D eigenvalue weighted by molar-refractivity contribution is 7.99. The lowest BCUT2D eigenvalue weighted by molar-refractivity contribution is -0.128. The number of carbonyl (C=O) groups excluding carboxylic acids is 1. The van der Waals surface area contributed by atoms with Crippen LogP contribution in [0.15, 0.2) is 30.9 Å². The molecule has 1 aromatic carbocycles.